The molecule has 24 heavy (non-hydrogen) atoms. The maximum Gasteiger partial charge on any atom is 0.354 e. The first-order chi connectivity index (χ1) is 11.2. The maximum absolute atomic E-state index is 12.3. The Morgan fingerprint density at radius 3 is 2.12 bits per heavy atom. The molecule has 0 spiro atoms. The highest BCUT2D eigenvalue weighted by atomic mass is 16.4. The third-order valence-corrected chi connectivity index (χ3v) is 3.49. The van der Waals surface area contributed by atoms with E-state index in [2.05, 4.69) is 25.9 Å². The van der Waals surface area contributed by atoms with E-state index in [0.29, 0.717) is 11.3 Å². The fourth-order valence-electron chi connectivity index (χ4n) is 2.22. The van der Waals surface area contributed by atoms with Gasteiger partial charge in [0.15, 0.2) is 5.78 Å². The van der Waals surface area contributed by atoms with Crippen molar-refractivity contribution in [3.8, 4) is 0 Å². The summed E-state index contributed by atoms with van der Waals surface area (Å²) in [5.74, 6) is -1.25. The monoisotopic (exact) mass is 330 g/mol. The van der Waals surface area contributed by atoms with E-state index in [9.17, 15) is 9.59 Å². The highest BCUT2D eigenvalue weighted by Gasteiger charge is 2.17. The first kappa shape index (κ1) is 19.6. The lowest BCUT2D eigenvalue weighted by Crippen LogP contribution is -2.17. The molecule has 0 radical (unpaired) electrons. The Bertz CT molecular complexity index is 707. The molecule has 130 valence electrons. The van der Waals surface area contributed by atoms with E-state index in [0.717, 1.165) is 5.56 Å². The predicted molar refractivity (Wildman–Crippen MR) is 94.7 cm³/mol. The van der Waals surface area contributed by atoms with Crippen molar-refractivity contribution >= 4 is 11.8 Å². The normalized spacial score (nSPS) is 10.8. The summed E-state index contributed by atoms with van der Waals surface area (Å²) in [7, 11) is 0. The van der Waals surface area contributed by atoms with Crippen LogP contribution in [-0.2, 0) is 12.0 Å². The highest BCUT2D eigenvalue weighted by molar-refractivity contribution is 5.96. The van der Waals surface area contributed by atoms with Crippen molar-refractivity contribution in [3.63, 3.8) is 0 Å². The third-order valence-electron chi connectivity index (χ3n) is 3.49. The summed E-state index contributed by atoms with van der Waals surface area (Å²) in [5, 5.41) is 13.2. The zero-order chi connectivity index (χ0) is 18.5. The molecule has 1 aromatic carbocycles. The molecule has 1 N–H and O–H groups in total. The van der Waals surface area contributed by atoms with Crippen LogP contribution in [0, 0.1) is 6.92 Å². The highest BCUT2D eigenvalue weighted by Crippen LogP contribution is 2.22. The minimum Gasteiger partial charge on any atom is -0.477 e. The summed E-state index contributed by atoms with van der Waals surface area (Å²) in [6.07, 6.45) is 0. The second-order valence-electron chi connectivity index (χ2n) is 6.38. The molecule has 0 fully saturated rings. The SMILES string of the molecule is CC.Cc1cc(C(=O)O)n(CC(=O)c2ccc(C(C)(C)C)cc2)n1. The first-order valence-electron chi connectivity index (χ1n) is 8.10. The van der Waals surface area contributed by atoms with E-state index in [1.54, 1.807) is 19.1 Å². The van der Waals surface area contributed by atoms with Gasteiger partial charge in [0.05, 0.1) is 5.69 Å². The number of ketones is 1. The number of carboxylic acid groups (broad SMARTS) is 1. The Labute approximate surface area is 143 Å². The van der Waals surface area contributed by atoms with Gasteiger partial charge in [-0.2, -0.15) is 5.10 Å². The zero-order valence-electron chi connectivity index (χ0n) is 15.3. The quantitative estimate of drug-likeness (QED) is 0.857. The van der Waals surface area contributed by atoms with Crippen molar-refractivity contribution in [1.82, 2.24) is 9.78 Å². The van der Waals surface area contributed by atoms with Crippen LogP contribution in [0.2, 0.25) is 0 Å². The summed E-state index contributed by atoms with van der Waals surface area (Å²) in [4.78, 5) is 23.4. The smallest absolute Gasteiger partial charge is 0.354 e. The van der Waals surface area contributed by atoms with Crippen molar-refractivity contribution in [3.05, 3.63) is 52.8 Å². The van der Waals surface area contributed by atoms with Crippen LogP contribution in [0.3, 0.4) is 0 Å². The van der Waals surface area contributed by atoms with E-state index in [-0.39, 0.29) is 23.4 Å². The first-order valence-corrected chi connectivity index (χ1v) is 8.10. The summed E-state index contributed by atoms with van der Waals surface area (Å²) < 4.78 is 1.23. The summed E-state index contributed by atoms with van der Waals surface area (Å²) in [6.45, 7) is 11.9. The number of hydrogen-bond donors (Lipinski definition) is 1. The number of carboxylic acids is 1. The number of Topliss-reactive ketones (excluding diaryl/α,β-unsaturated/α-hetero) is 1. The van der Waals surface area contributed by atoms with Crippen LogP contribution in [-0.4, -0.2) is 26.6 Å². The largest absolute Gasteiger partial charge is 0.477 e. The summed E-state index contributed by atoms with van der Waals surface area (Å²) in [6, 6.07) is 8.87. The predicted octanol–water partition coefficient (Wildman–Crippen LogP) is 4.10. The topological polar surface area (TPSA) is 72.2 Å². The van der Waals surface area contributed by atoms with E-state index in [4.69, 9.17) is 5.11 Å². The number of aromatic carboxylic acids is 1. The lowest BCUT2D eigenvalue weighted by atomic mass is 9.86. The molecule has 0 unspecified atom stereocenters. The average Bonchev–Trinajstić information content (AvgIpc) is 2.89. The van der Waals surface area contributed by atoms with E-state index in [1.165, 1.54) is 10.7 Å². The van der Waals surface area contributed by atoms with Gasteiger partial charge in [0.1, 0.15) is 12.2 Å². The van der Waals surface area contributed by atoms with Crippen molar-refractivity contribution < 1.29 is 14.7 Å². The Morgan fingerprint density at radius 2 is 1.67 bits per heavy atom. The molecule has 5 heteroatoms. The average molecular weight is 330 g/mol. The molecule has 0 aliphatic rings. The molecular weight excluding hydrogens is 304 g/mol. The second-order valence-corrected chi connectivity index (χ2v) is 6.38. The number of aryl methyl sites for hydroxylation is 1. The molecule has 5 nitrogen and oxygen atoms in total. The van der Waals surface area contributed by atoms with Gasteiger partial charge in [0.25, 0.3) is 0 Å². The molecule has 2 aromatic rings. The fraction of sp³-hybridized carbons (Fsp3) is 0.421. The molecule has 1 aromatic heterocycles. The number of carbonyl (C=O) groups is 2. The van der Waals surface area contributed by atoms with Crippen molar-refractivity contribution in [2.24, 2.45) is 0 Å². The summed E-state index contributed by atoms with van der Waals surface area (Å²) >= 11 is 0. The van der Waals surface area contributed by atoms with Gasteiger partial charge in [-0.1, -0.05) is 58.9 Å². The van der Waals surface area contributed by atoms with Crippen LogP contribution in [0.1, 0.15) is 66.7 Å². The van der Waals surface area contributed by atoms with Crippen LogP contribution in [0.5, 0.6) is 0 Å². The Kier molecular flexibility index (Phi) is 6.46. The standard InChI is InChI=1S/C17H20N2O3.C2H6/c1-11-9-14(16(21)22)19(18-11)10-15(20)12-5-7-13(8-6-12)17(2,3)4;1-2/h5-9H,10H2,1-4H3,(H,21,22);1-2H3. The van der Waals surface area contributed by atoms with Crippen LogP contribution < -0.4 is 0 Å². The van der Waals surface area contributed by atoms with Gasteiger partial charge < -0.3 is 5.11 Å². The second kappa shape index (κ2) is 7.90. The number of benzene rings is 1. The maximum atomic E-state index is 12.3. The van der Waals surface area contributed by atoms with E-state index in [1.807, 2.05) is 26.0 Å². The minimum atomic E-state index is -1.09. The van der Waals surface area contributed by atoms with Crippen molar-refractivity contribution in [2.45, 2.75) is 53.5 Å². The number of rotatable bonds is 4. The van der Waals surface area contributed by atoms with Crippen LogP contribution in [0.4, 0.5) is 0 Å². The van der Waals surface area contributed by atoms with Gasteiger partial charge in [0.2, 0.25) is 0 Å². The number of nitrogens with zero attached hydrogens (tertiary/aromatic N) is 2. The molecule has 0 atom stereocenters. The molecular formula is C19H26N2O3. The van der Waals surface area contributed by atoms with Crippen LogP contribution in [0.15, 0.2) is 30.3 Å². The third kappa shape index (κ3) is 4.78. The van der Waals surface area contributed by atoms with E-state index >= 15 is 0 Å². The van der Waals surface area contributed by atoms with Gasteiger partial charge >= 0.3 is 5.97 Å². The lowest BCUT2D eigenvalue weighted by molar-refractivity contribution is 0.0683. The van der Waals surface area contributed by atoms with Gasteiger partial charge in [-0.25, -0.2) is 4.79 Å². The molecule has 0 bridgehead atoms. The number of carbonyl (C=O) groups excluding carboxylic acids is 1. The molecule has 0 aliphatic heterocycles. The Balaban J connectivity index is 0.00000139. The molecule has 0 saturated carbocycles. The van der Waals surface area contributed by atoms with Crippen molar-refractivity contribution in [1.29, 1.82) is 0 Å². The van der Waals surface area contributed by atoms with Crippen LogP contribution in [0.25, 0.3) is 0 Å². The minimum absolute atomic E-state index is 0.0250. The fourth-order valence-corrected chi connectivity index (χ4v) is 2.22. The van der Waals surface area contributed by atoms with Gasteiger partial charge in [-0.3, -0.25) is 9.48 Å². The lowest BCUT2D eigenvalue weighted by Gasteiger charge is -2.19. The van der Waals surface area contributed by atoms with Crippen LogP contribution >= 0.6 is 0 Å². The molecule has 0 amide bonds. The number of hydrogen-bond acceptors (Lipinski definition) is 3. The summed E-state index contributed by atoms with van der Waals surface area (Å²) in [5.41, 5.74) is 2.32. The molecule has 0 saturated heterocycles. The van der Waals surface area contributed by atoms with Gasteiger partial charge in [-0.05, 0) is 24.0 Å². The van der Waals surface area contributed by atoms with Crippen molar-refractivity contribution in [2.75, 3.05) is 0 Å². The zero-order valence-corrected chi connectivity index (χ0v) is 15.3. The Morgan fingerprint density at radius 1 is 1.12 bits per heavy atom. The molecule has 1 heterocycles. The van der Waals surface area contributed by atoms with Gasteiger partial charge in [0, 0.05) is 5.56 Å². The Hall–Kier alpha value is -2.43. The molecule has 0 aliphatic carbocycles. The molecule has 2 rings (SSSR count). The van der Waals surface area contributed by atoms with E-state index < -0.39 is 5.97 Å². The van der Waals surface area contributed by atoms with Gasteiger partial charge in [-0.15, -0.1) is 0 Å². The number of aromatic nitrogens is 2.